The fourth-order valence-electron chi connectivity index (χ4n) is 3.55. The van der Waals surface area contributed by atoms with Crippen molar-refractivity contribution in [2.75, 3.05) is 43.3 Å². The average molecular weight is 452 g/mol. The van der Waals surface area contributed by atoms with Crippen LogP contribution in [0.4, 0.5) is 17.1 Å². The highest BCUT2D eigenvalue weighted by atomic mass is 31.2. The molecule has 0 amide bonds. The monoisotopic (exact) mass is 451 g/mol. The first-order chi connectivity index (χ1) is 15.2. The minimum Gasteiger partial charge on any atom is -0.378 e. The van der Waals surface area contributed by atoms with Gasteiger partial charge in [-0.2, -0.15) is 0 Å². The van der Waals surface area contributed by atoms with E-state index >= 15 is 0 Å². The van der Waals surface area contributed by atoms with E-state index in [1.165, 1.54) is 0 Å². The molecule has 0 aromatic heterocycles. The normalized spacial score (nSPS) is 14.0. The third-order valence-electron chi connectivity index (χ3n) is 5.24. The molecule has 0 saturated heterocycles. The molecule has 1 N–H and O–H groups in total. The topological polar surface area (TPSA) is 44.8 Å². The molecular formula is C26H34N3O2P. The molecular weight excluding hydrogens is 417 g/mol. The fourth-order valence-corrected chi connectivity index (χ4v) is 6.17. The van der Waals surface area contributed by atoms with E-state index in [0.717, 1.165) is 22.6 Å². The first-order valence-corrected chi connectivity index (χ1v) is 12.5. The van der Waals surface area contributed by atoms with E-state index in [2.05, 4.69) is 5.32 Å². The molecule has 6 heteroatoms. The molecule has 32 heavy (non-hydrogen) atoms. The van der Waals surface area contributed by atoms with Gasteiger partial charge >= 0.3 is 0 Å². The molecule has 5 nitrogen and oxygen atoms in total. The van der Waals surface area contributed by atoms with Crippen LogP contribution in [0, 0.1) is 0 Å². The third kappa shape index (κ3) is 5.53. The van der Waals surface area contributed by atoms with E-state index in [0.29, 0.717) is 5.30 Å². The van der Waals surface area contributed by atoms with Crippen molar-refractivity contribution in [2.45, 2.75) is 25.7 Å². The number of rotatable bonds is 9. The van der Waals surface area contributed by atoms with Crippen LogP contribution in [0.2, 0.25) is 0 Å². The molecule has 0 aliphatic carbocycles. The Kier molecular flexibility index (Phi) is 7.65. The predicted molar refractivity (Wildman–Crippen MR) is 138 cm³/mol. The third-order valence-corrected chi connectivity index (χ3v) is 8.10. The minimum atomic E-state index is -3.36. The van der Waals surface area contributed by atoms with E-state index in [-0.39, 0.29) is 6.10 Å². The van der Waals surface area contributed by atoms with Gasteiger partial charge in [0.05, 0.1) is 6.10 Å². The summed E-state index contributed by atoms with van der Waals surface area (Å²) in [4.78, 5) is 4.07. The number of hydrogen-bond donors (Lipinski definition) is 1. The maximum Gasteiger partial charge on any atom is 0.258 e. The van der Waals surface area contributed by atoms with Crippen molar-refractivity contribution in [1.82, 2.24) is 0 Å². The van der Waals surface area contributed by atoms with Crippen molar-refractivity contribution in [3.8, 4) is 0 Å². The van der Waals surface area contributed by atoms with Crippen LogP contribution in [0.25, 0.3) is 0 Å². The molecule has 3 rings (SSSR count). The second-order valence-corrected chi connectivity index (χ2v) is 11.0. The molecule has 0 unspecified atom stereocenters. The molecule has 0 saturated carbocycles. The van der Waals surface area contributed by atoms with Crippen molar-refractivity contribution in [3.63, 3.8) is 0 Å². The Balaban J connectivity index is 2.12. The second-order valence-electron chi connectivity index (χ2n) is 8.56. The molecule has 2 atom stereocenters. The lowest BCUT2D eigenvalue weighted by atomic mass is 10.2. The Hall–Kier alpha value is -2.75. The van der Waals surface area contributed by atoms with Crippen LogP contribution in [0.3, 0.4) is 0 Å². The van der Waals surface area contributed by atoms with Gasteiger partial charge in [-0.05, 0) is 67.9 Å². The van der Waals surface area contributed by atoms with Gasteiger partial charge < -0.3 is 19.6 Å². The summed E-state index contributed by atoms with van der Waals surface area (Å²) in [6.45, 7) is 3.85. The van der Waals surface area contributed by atoms with Crippen LogP contribution in [-0.4, -0.2) is 34.3 Å². The summed E-state index contributed by atoms with van der Waals surface area (Å²) in [6.07, 6.45) is -0.199. The van der Waals surface area contributed by atoms with Crippen LogP contribution < -0.4 is 20.4 Å². The van der Waals surface area contributed by atoms with Crippen LogP contribution >= 0.6 is 7.37 Å². The van der Waals surface area contributed by atoms with Crippen molar-refractivity contribution >= 4 is 29.7 Å². The van der Waals surface area contributed by atoms with Crippen LogP contribution in [0.15, 0.2) is 78.9 Å². The molecule has 3 aromatic carbocycles. The molecule has 3 aromatic rings. The lowest BCUT2D eigenvalue weighted by Crippen LogP contribution is -2.23. The van der Waals surface area contributed by atoms with Gasteiger partial charge in [0, 0.05) is 50.6 Å². The molecule has 0 heterocycles. The van der Waals surface area contributed by atoms with E-state index in [9.17, 15) is 4.57 Å². The molecule has 0 aliphatic rings. The van der Waals surface area contributed by atoms with Gasteiger partial charge in [0.2, 0.25) is 0 Å². The molecule has 0 spiro atoms. The van der Waals surface area contributed by atoms with Gasteiger partial charge in [0.25, 0.3) is 7.37 Å². The van der Waals surface area contributed by atoms with E-state index < -0.39 is 13.2 Å². The number of hydrogen-bond acceptors (Lipinski definition) is 5. The highest BCUT2D eigenvalue weighted by Gasteiger charge is 2.38. The van der Waals surface area contributed by atoms with Crippen molar-refractivity contribution < 1.29 is 9.09 Å². The maximum atomic E-state index is 14.7. The summed E-state index contributed by atoms with van der Waals surface area (Å²) < 4.78 is 21.0. The number of nitrogens with one attached hydrogen (secondary N) is 1. The standard InChI is InChI=1S/C26H34N3O2P/c1-20(2)31-32(30,25-18-16-24(17-19-25)29(5)6)26(27-22-10-8-7-9-11-22)21-12-14-23(15-13-21)28(3)4/h7-20,26-27H,1-6H3/t26-,32+/m1/s1. The predicted octanol–water partition coefficient (Wildman–Crippen LogP) is 5.96. The minimum absolute atomic E-state index is 0.199. The molecule has 170 valence electrons. The van der Waals surface area contributed by atoms with Gasteiger partial charge in [-0.3, -0.25) is 4.57 Å². The van der Waals surface area contributed by atoms with Crippen molar-refractivity contribution in [3.05, 3.63) is 84.4 Å². The van der Waals surface area contributed by atoms with E-state index in [1.807, 2.05) is 131 Å². The quantitative estimate of drug-likeness (QED) is 0.407. The molecule has 0 fully saturated rings. The fraction of sp³-hybridized carbons (Fsp3) is 0.308. The van der Waals surface area contributed by atoms with Gasteiger partial charge in [0.15, 0.2) is 0 Å². The molecule has 0 aliphatic heterocycles. The summed E-state index contributed by atoms with van der Waals surface area (Å²) in [5.41, 5.74) is 3.95. The van der Waals surface area contributed by atoms with Gasteiger partial charge in [0.1, 0.15) is 5.78 Å². The Morgan fingerprint density at radius 1 is 0.750 bits per heavy atom. The first-order valence-electron chi connectivity index (χ1n) is 10.9. The van der Waals surface area contributed by atoms with Crippen LogP contribution in [0.5, 0.6) is 0 Å². The molecule has 0 radical (unpaired) electrons. The zero-order valence-electron chi connectivity index (χ0n) is 19.8. The highest BCUT2D eigenvalue weighted by Crippen LogP contribution is 2.60. The SMILES string of the molecule is CC(C)O[P@@](=O)(c1ccc(N(C)C)cc1)[C@@H](Nc1ccccc1)c1ccc(N(C)C)cc1. The highest BCUT2D eigenvalue weighted by molar-refractivity contribution is 7.67. The Bertz CT molecular complexity index is 1030. The first kappa shape index (κ1) is 23.9. The summed E-state index contributed by atoms with van der Waals surface area (Å²) in [5.74, 6) is -0.534. The van der Waals surface area contributed by atoms with Crippen LogP contribution in [-0.2, 0) is 9.09 Å². The lowest BCUT2D eigenvalue weighted by Gasteiger charge is -2.31. The summed E-state index contributed by atoms with van der Waals surface area (Å²) in [6, 6.07) is 25.8. The second kappa shape index (κ2) is 10.2. The van der Waals surface area contributed by atoms with Crippen molar-refractivity contribution in [1.29, 1.82) is 0 Å². The van der Waals surface area contributed by atoms with E-state index in [1.54, 1.807) is 0 Å². The molecule has 0 bridgehead atoms. The smallest absolute Gasteiger partial charge is 0.258 e. The average Bonchev–Trinajstić information content (AvgIpc) is 2.77. The zero-order valence-corrected chi connectivity index (χ0v) is 20.7. The zero-order chi connectivity index (χ0) is 23.3. The van der Waals surface area contributed by atoms with Crippen LogP contribution in [0.1, 0.15) is 25.2 Å². The number of anilines is 3. The van der Waals surface area contributed by atoms with Crippen molar-refractivity contribution in [2.24, 2.45) is 0 Å². The van der Waals surface area contributed by atoms with Gasteiger partial charge in [-0.25, -0.2) is 0 Å². The lowest BCUT2D eigenvalue weighted by molar-refractivity contribution is 0.245. The van der Waals surface area contributed by atoms with Gasteiger partial charge in [-0.15, -0.1) is 0 Å². The largest absolute Gasteiger partial charge is 0.378 e. The summed E-state index contributed by atoms with van der Waals surface area (Å²) in [5, 5.41) is 4.21. The number of para-hydroxylation sites is 1. The Morgan fingerprint density at radius 2 is 1.25 bits per heavy atom. The summed E-state index contributed by atoms with van der Waals surface area (Å²) >= 11 is 0. The Labute approximate surface area is 192 Å². The van der Waals surface area contributed by atoms with Gasteiger partial charge in [-0.1, -0.05) is 30.3 Å². The number of benzene rings is 3. The number of nitrogens with zero attached hydrogens (tertiary/aromatic N) is 2. The maximum absolute atomic E-state index is 14.7. The summed E-state index contributed by atoms with van der Waals surface area (Å²) in [7, 11) is 4.64. The van der Waals surface area contributed by atoms with E-state index in [4.69, 9.17) is 4.52 Å². The Morgan fingerprint density at radius 3 is 1.72 bits per heavy atom.